The van der Waals surface area contributed by atoms with Crippen LogP contribution in [0, 0.1) is 0 Å². The molecule has 5 heteroatoms. The van der Waals surface area contributed by atoms with Crippen LogP contribution in [0.25, 0.3) is 0 Å². The second-order valence-electron chi connectivity index (χ2n) is 4.76. The van der Waals surface area contributed by atoms with E-state index in [1.165, 1.54) is 0 Å². The Bertz CT molecular complexity index is 463. The number of unbranched alkanes of at least 4 members (excludes halogenated alkanes) is 1. The number of nitrogens with one attached hydrogen (secondary N) is 1. The summed E-state index contributed by atoms with van der Waals surface area (Å²) in [5, 5.41) is 2.91. The molecule has 1 aromatic carbocycles. The molecular formula is C15H22N2O2S. The highest BCUT2D eigenvalue weighted by Gasteiger charge is 2.10. The fourth-order valence-electron chi connectivity index (χ4n) is 1.84. The zero-order valence-corrected chi connectivity index (χ0v) is 12.8. The van der Waals surface area contributed by atoms with E-state index in [0.29, 0.717) is 11.3 Å². The number of ether oxygens (including phenoxy) is 1. The van der Waals surface area contributed by atoms with Gasteiger partial charge in [0.1, 0.15) is 10.7 Å². The van der Waals surface area contributed by atoms with Crippen LogP contribution in [0.1, 0.15) is 38.7 Å². The maximum Gasteiger partial charge on any atom is 0.258 e. The van der Waals surface area contributed by atoms with Crippen LogP contribution in [-0.4, -0.2) is 23.5 Å². The molecule has 0 heterocycles. The molecule has 0 radical (unpaired) electrons. The molecule has 0 aliphatic rings. The first-order valence-corrected chi connectivity index (χ1v) is 7.26. The van der Waals surface area contributed by atoms with Crippen molar-refractivity contribution < 1.29 is 9.53 Å². The molecule has 4 nitrogen and oxygen atoms in total. The number of rotatable bonds is 8. The molecular weight excluding hydrogens is 272 g/mol. The van der Waals surface area contributed by atoms with Crippen molar-refractivity contribution >= 4 is 23.1 Å². The topological polar surface area (TPSA) is 64.3 Å². The number of hydrogen-bond donors (Lipinski definition) is 2. The van der Waals surface area contributed by atoms with Crippen molar-refractivity contribution in [1.29, 1.82) is 0 Å². The van der Waals surface area contributed by atoms with Gasteiger partial charge in [0, 0.05) is 6.04 Å². The minimum absolute atomic E-state index is 0.0317. The van der Waals surface area contributed by atoms with Gasteiger partial charge in [-0.15, -0.1) is 0 Å². The number of nitrogens with two attached hydrogens (primary N) is 1. The summed E-state index contributed by atoms with van der Waals surface area (Å²) in [6.07, 6.45) is 3.20. The number of amides is 1. The second-order valence-corrected chi connectivity index (χ2v) is 5.20. The normalized spacial score (nSPS) is 11.7. The van der Waals surface area contributed by atoms with Crippen LogP contribution in [-0.2, 0) is 4.79 Å². The summed E-state index contributed by atoms with van der Waals surface area (Å²) in [5.74, 6) is 0.405. The molecule has 0 aliphatic heterocycles. The predicted molar refractivity (Wildman–Crippen MR) is 85.0 cm³/mol. The first-order chi connectivity index (χ1) is 9.54. The second kappa shape index (κ2) is 8.53. The number of para-hydroxylation sites is 1. The molecule has 1 rings (SSSR count). The van der Waals surface area contributed by atoms with Crippen molar-refractivity contribution in [2.75, 3.05) is 6.61 Å². The number of hydrogen-bond acceptors (Lipinski definition) is 3. The fraction of sp³-hybridized carbons (Fsp3) is 0.467. The van der Waals surface area contributed by atoms with Gasteiger partial charge in [-0.3, -0.25) is 4.79 Å². The molecule has 0 spiro atoms. The van der Waals surface area contributed by atoms with Crippen LogP contribution in [0.5, 0.6) is 5.75 Å². The largest absolute Gasteiger partial charge is 0.483 e. The molecule has 1 aromatic rings. The van der Waals surface area contributed by atoms with Gasteiger partial charge in [-0.05, 0) is 25.5 Å². The third-order valence-electron chi connectivity index (χ3n) is 2.91. The summed E-state index contributed by atoms with van der Waals surface area (Å²) in [5.41, 5.74) is 6.25. The molecule has 110 valence electrons. The zero-order chi connectivity index (χ0) is 15.0. The lowest BCUT2D eigenvalue weighted by molar-refractivity contribution is -0.123. The monoisotopic (exact) mass is 294 g/mol. The lowest BCUT2D eigenvalue weighted by Crippen LogP contribution is -2.36. The van der Waals surface area contributed by atoms with Crippen molar-refractivity contribution in [3.63, 3.8) is 0 Å². The highest BCUT2D eigenvalue weighted by Crippen LogP contribution is 2.17. The van der Waals surface area contributed by atoms with E-state index in [-0.39, 0.29) is 23.5 Å². The maximum absolute atomic E-state index is 11.8. The summed E-state index contributed by atoms with van der Waals surface area (Å²) in [6.45, 7) is 4.09. The molecule has 1 atom stereocenters. The van der Waals surface area contributed by atoms with Gasteiger partial charge in [0.15, 0.2) is 6.61 Å². The van der Waals surface area contributed by atoms with Crippen LogP contribution < -0.4 is 15.8 Å². The lowest BCUT2D eigenvalue weighted by Gasteiger charge is -2.14. The van der Waals surface area contributed by atoms with Crippen molar-refractivity contribution in [3.8, 4) is 5.75 Å². The first kappa shape index (κ1) is 16.4. The summed E-state index contributed by atoms with van der Waals surface area (Å²) >= 11 is 4.94. The summed E-state index contributed by atoms with van der Waals surface area (Å²) < 4.78 is 5.49. The van der Waals surface area contributed by atoms with E-state index in [9.17, 15) is 4.79 Å². The van der Waals surface area contributed by atoms with Crippen LogP contribution >= 0.6 is 12.2 Å². The minimum atomic E-state index is -0.133. The zero-order valence-electron chi connectivity index (χ0n) is 12.0. The SMILES string of the molecule is CCCCC(C)NC(=O)COc1ccccc1C(N)=S. The smallest absolute Gasteiger partial charge is 0.258 e. The fourth-order valence-corrected chi connectivity index (χ4v) is 2.01. The van der Waals surface area contributed by atoms with E-state index in [1.807, 2.05) is 19.1 Å². The molecule has 0 saturated carbocycles. The van der Waals surface area contributed by atoms with Crippen LogP contribution in [0.4, 0.5) is 0 Å². The number of benzene rings is 1. The maximum atomic E-state index is 11.8. The van der Waals surface area contributed by atoms with Gasteiger partial charge in [-0.1, -0.05) is 44.1 Å². The summed E-state index contributed by atoms with van der Waals surface area (Å²) in [4.78, 5) is 12.0. The Labute approximate surface area is 125 Å². The van der Waals surface area contributed by atoms with Crippen LogP contribution in [0.15, 0.2) is 24.3 Å². The molecule has 20 heavy (non-hydrogen) atoms. The third kappa shape index (κ3) is 5.57. The number of carbonyl (C=O) groups is 1. The van der Waals surface area contributed by atoms with Gasteiger partial charge in [0.2, 0.25) is 0 Å². The number of carbonyl (C=O) groups excluding carboxylic acids is 1. The molecule has 1 amide bonds. The molecule has 0 saturated heterocycles. The Hall–Kier alpha value is -1.62. The van der Waals surface area contributed by atoms with E-state index >= 15 is 0 Å². The van der Waals surface area contributed by atoms with Crippen molar-refractivity contribution in [2.24, 2.45) is 5.73 Å². The summed E-state index contributed by atoms with van der Waals surface area (Å²) in [6, 6.07) is 7.34. The summed E-state index contributed by atoms with van der Waals surface area (Å²) in [7, 11) is 0. The molecule has 0 aromatic heterocycles. The number of thiocarbonyl (C=S) groups is 1. The molecule has 0 fully saturated rings. The van der Waals surface area contributed by atoms with Gasteiger partial charge in [0.05, 0.1) is 5.56 Å². The van der Waals surface area contributed by atoms with E-state index in [0.717, 1.165) is 19.3 Å². The highest BCUT2D eigenvalue weighted by atomic mass is 32.1. The molecule has 0 aliphatic carbocycles. The Morgan fingerprint density at radius 2 is 2.15 bits per heavy atom. The van der Waals surface area contributed by atoms with Gasteiger partial charge >= 0.3 is 0 Å². The Morgan fingerprint density at radius 1 is 1.45 bits per heavy atom. The first-order valence-electron chi connectivity index (χ1n) is 6.85. The van der Waals surface area contributed by atoms with Crippen molar-refractivity contribution in [2.45, 2.75) is 39.2 Å². The van der Waals surface area contributed by atoms with E-state index in [2.05, 4.69) is 12.2 Å². The predicted octanol–water partition coefficient (Wildman–Crippen LogP) is 2.39. The van der Waals surface area contributed by atoms with Crippen LogP contribution in [0.3, 0.4) is 0 Å². The highest BCUT2D eigenvalue weighted by molar-refractivity contribution is 7.80. The van der Waals surface area contributed by atoms with Gasteiger partial charge < -0.3 is 15.8 Å². The Morgan fingerprint density at radius 3 is 2.80 bits per heavy atom. The Kier molecular flexibility index (Phi) is 7.01. The Balaban J connectivity index is 2.47. The van der Waals surface area contributed by atoms with Crippen LogP contribution in [0.2, 0.25) is 0 Å². The van der Waals surface area contributed by atoms with Gasteiger partial charge in [-0.2, -0.15) is 0 Å². The van der Waals surface area contributed by atoms with Gasteiger partial charge in [-0.25, -0.2) is 0 Å². The molecule has 3 N–H and O–H groups in total. The quantitative estimate of drug-likeness (QED) is 0.723. The standard InChI is InChI=1S/C15H22N2O2S/c1-3-4-7-11(2)17-14(18)10-19-13-9-6-5-8-12(13)15(16)20/h5-6,8-9,11H,3-4,7,10H2,1-2H3,(H2,16,20)(H,17,18). The van der Waals surface area contributed by atoms with Crippen molar-refractivity contribution in [1.82, 2.24) is 5.32 Å². The third-order valence-corrected chi connectivity index (χ3v) is 3.13. The van der Waals surface area contributed by atoms with E-state index in [1.54, 1.807) is 12.1 Å². The van der Waals surface area contributed by atoms with E-state index < -0.39 is 0 Å². The molecule has 0 bridgehead atoms. The van der Waals surface area contributed by atoms with E-state index in [4.69, 9.17) is 22.7 Å². The molecule has 1 unspecified atom stereocenters. The lowest BCUT2D eigenvalue weighted by atomic mass is 10.1. The average Bonchev–Trinajstić information content (AvgIpc) is 2.43. The van der Waals surface area contributed by atoms with Gasteiger partial charge in [0.25, 0.3) is 5.91 Å². The average molecular weight is 294 g/mol. The van der Waals surface area contributed by atoms with Crippen molar-refractivity contribution in [3.05, 3.63) is 29.8 Å². The minimum Gasteiger partial charge on any atom is -0.483 e.